The smallest absolute Gasteiger partial charge is 0.252 e. The van der Waals surface area contributed by atoms with Crippen molar-refractivity contribution in [3.63, 3.8) is 0 Å². The maximum Gasteiger partial charge on any atom is 0.252 e. The number of aryl methyl sites for hydroxylation is 2. The third-order valence-corrected chi connectivity index (χ3v) is 14.8. The van der Waals surface area contributed by atoms with Gasteiger partial charge >= 0.3 is 0 Å². The normalized spacial score (nSPS) is 16.9. The summed E-state index contributed by atoms with van der Waals surface area (Å²) in [5.74, 6) is 0. The molecule has 7 aromatic carbocycles. The molecule has 0 N–H and O–H groups in total. The van der Waals surface area contributed by atoms with Crippen LogP contribution >= 0.6 is 11.3 Å². The van der Waals surface area contributed by atoms with Gasteiger partial charge in [0.25, 0.3) is 6.71 Å². The van der Waals surface area contributed by atoms with Crippen molar-refractivity contribution in [3.8, 4) is 11.1 Å². The lowest BCUT2D eigenvalue weighted by Gasteiger charge is -2.45. The highest BCUT2D eigenvalue weighted by molar-refractivity contribution is 7.26. The van der Waals surface area contributed by atoms with E-state index in [4.69, 9.17) is 4.11 Å². The van der Waals surface area contributed by atoms with Gasteiger partial charge in [0.2, 0.25) is 0 Å². The highest BCUT2D eigenvalue weighted by Gasteiger charge is 2.48. The first-order chi connectivity index (χ1) is 29.4. The molecular formula is C55H51BN2S. The van der Waals surface area contributed by atoms with Gasteiger partial charge in [-0.15, -0.1) is 11.3 Å². The first-order valence-corrected chi connectivity index (χ1v) is 21.9. The van der Waals surface area contributed by atoms with Crippen LogP contribution in [-0.2, 0) is 16.2 Å². The molecule has 0 saturated heterocycles. The quantitative estimate of drug-likeness (QED) is 0.165. The minimum absolute atomic E-state index is 0.0210. The van der Waals surface area contributed by atoms with Gasteiger partial charge in [0.15, 0.2) is 0 Å². The predicted molar refractivity (Wildman–Crippen MR) is 258 cm³/mol. The van der Waals surface area contributed by atoms with E-state index in [0.717, 1.165) is 57.1 Å². The maximum atomic E-state index is 9.02. The van der Waals surface area contributed by atoms with Crippen molar-refractivity contribution in [2.24, 2.45) is 0 Å². The SMILES string of the molecule is [2H]C([2H])([2H])c1cc2c3c(c1)N(c1cccc4c1sc1ccccc14)c1cc4c(cc1B3c1cc(C(C)(C)C)ccc1N2c1ccc(-c2ccccc2)cc1C)C(C)(C)CC4(C)C. The van der Waals surface area contributed by atoms with Crippen LogP contribution in [0.25, 0.3) is 31.3 Å². The van der Waals surface area contributed by atoms with Crippen molar-refractivity contribution in [3.05, 3.63) is 161 Å². The van der Waals surface area contributed by atoms with Crippen molar-refractivity contribution in [1.82, 2.24) is 0 Å². The molecular weight excluding hydrogens is 731 g/mol. The Bertz CT molecular complexity index is 3170. The number of fused-ring (bicyclic) bond motifs is 8. The Kier molecular flexibility index (Phi) is 7.04. The third kappa shape index (κ3) is 5.38. The summed E-state index contributed by atoms with van der Waals surface area (Å²) in [7, 11) is 0. The fourth-order valence-corrected chi connectivity index (χ4v) is 12.3. The van der Waals surface area contributed by atoms with E-state index in [0.29, 0.717) is 5.56 Å². The van der Waals surface area contributed by atoms with Crippen molar-refractivity contribution < 1.29 is 4.11 Å². The van der Waals surface area contributed by atoms with Crippen LogP contribution in [0.2, 0.25) is 0 Å². The lowest BCUT2D eigenvalue weighted by Crippen LogP contribution is -2.61. The summed E-state index contributed by atoms with van der Waals surface area (Å²) < 4.78 is 29.5. The molecule has 0 bridgehead atoms. The van der Waals surface area contributed by atoms with Gasteiger partial charge in [0.05, 0.1) is 10.4 Å². The summed E-state index contributed by atoms with van der Waals surface area (Å²) in [5, 5.41) is 2.45. The van der Waals surface area contributed by atoms with Gasteiger partial charge in [-0.25, -0.2) is 0 Å². The van der Waals surface area contributed by atoms with Gasteiger partial charge in [-0.1, -0.05) is 133 Å². The molecule has 4 heteroatoms. The van der Waals surface area contributed by atoms with Crippen LogP contribution < -0.4 is 26.2 Å². The maximum absolute atomic E-state index is 9.02. The molecule has 0 fully saturated rings. The van der Waals surface area contributed by atoms with Gasteiger partial charge < -0.3 is 9.80 Å². The predicted octanol–water partition coefficient (Wildman–Crippen LogP) is 13.7. The fraction of sp³-hybridized carbons (Fsp3) is 0.236. The third-order valence-electron chi connectivity index (χ3n) is 13.6. The zero-order valence-electron chi connectivity index (χ0n) is 38.3. The summed E-state index contributed by atoms with van der Waals surface area (Å²) in [4.78, 5) is 4.82. The molecule has 3 aliphatic rings. The van der Waals surface area contributed by atoms with Crippen LogP contribution in [-0.4, -0.2) is 6.71 Å². The van der Waals surface area contributed by atoms with Gasteiger partial charge in [0, 0.05) is 48.0 Å². The van der Waals surface area contributed by atoms with Gasteiger partial charge in [-0.05, 0) is 140 Å². The van der Waals surface area contributed by atoms with Gasteiger partial charge in [-0.3, -0.25) is 0 Å². The zero-order valence-corrected chi connectivity index (χ0v) is 36.1. The summed E-state index contributed by atoms with van der Waals surface area (Å²) in [6, 6.07) is 48.6. The molecule has 11 rings (SSSR count). The fourth-order valence-electron chi connectivity index (χ4n) is 11.1. The molecule has 2 aliphatic heterocycles. The Morgan fingerprint density at radius 2 is 1.25 bits per heavy atom. The number of nitrogens with zero attached hydrogens (tertiary/aromatic N) is 2. The number of thiophene rings is 1. The molecule has 0 spiro atoms. The molecule has 1 aromatic heterocycles. The minimum atomic E-state index is -2.35. The van der Waals surface area contributed by atoms with Crippen LogP contribution in [0, 0.1) is 13.8 Å². The molecule has 0 atom stereocenters. The van der Waals surface area contributed by atoms with Crippen LogP contribution in [0.3, 0.4) is 0 Å². The minimum Gasteiger partial charge on any atom is -0.311 e. The summed E-state index contributed by atoms with van der Waals surface area (Å²) in [6.07, 6.45) is 1.05. The molecule has 0 saturated carbocycles. The van der Waals surface area contributed by atoms with Crippen molar-refractivity contribution in [2.45, 2.75) is 84.9 Å². The number of anilines is 6. The monoisotopic (exact) mass is 785 g/mol. The van der Waals surface area contributed by atoms with Crippen molar-refractivity contribution >= 4 is 88.7 Å². The Morgan fingerprint density at radius 1 is 0.593 bits per heavy atom. The Morgan fingerprint density at radius 3 is 1.98 bits per heavy atom. The second kappa shape index (κ2) is 12.5. The van der Waals surface area contributed by atoms with E-state index in [1.54, 1.807) is 0 Å². The van der Waals surface area contributed by atoms with Crippen molar-refractivity contribution in [1.29, 1.82) is 0 Å². The molecule has 290 valence electrons. The second-order valence-corrected chi connectivity index (χ2v) is 20.6. The summed E-state index contributed by atoms with van der Waals surface area (Å²) >= 11 is 1.82. The number of hydrogen-bond acceptors (Lipinski definition) is 3. The summed E-state index contributed by atoms with van der Waals surface area (Å²) in [6.45, 7) is 16.2. The van der Waals surface area contributed by atoms with Crippen LogP contribution in [0.1, 0.15) is 86.8 Å². The number of benzene rings is 7. The lowest BCUT2D eigenvalue weighted by molar-refractivity contribution is 0.403. The topological polar surface area (TPSA) is 6.48 Å². The Hall–Kier alpha value is -5.58. The largest absolute Gasteiger partial charge is 0.311 e. The average molecular weight is 786 g/mol. The van der Waals surface area contributed by atoms with E-state index in [2.05, 4.69) is 187 Å². The van der Waals surface area contributed by atoms with E-state index in [1.165, 1.54) is 53.4 Å². The molecule has 59 heavy (non-hydrogen) atoms. The molecule has 0 amide bonds. The van der Waals surface area contributed by atoms with E-state index in [1.807, 2.05) is 23.5 Å². The number of hydrogen-bond donors (Lipinski definition) is 0. The lowest BCUT2D eigenvalue weighted by atomic mass is 9.33. The van der Waals surface area contributed by atoms with E-state index in [-0.39, 0.29) is 23.0 Å². The molecule has 2 nitrogen and oxygen atoms in total. The summed E-state index contributed by atoms with van der Waals surface area (Å²) in [5.41, 5.74) is 17.5. The molecule has 3 heterocycles. The molecule has 1 aliphatic carbocycles. The van der Waals surface area contributed by atoms with E-state index in [9.17, 15) is 0 Å². The van der Waals surface area contributed by atoms with Gasteiger partial charge in [-0.2, -0.15) is 0 Å². The van der Waals surface area contributed by atoms with Crippen LogP contribution in [0.4, 0.5) is 34.1 Å². The second-order valence-electron chi connectivity index (χ2n) is 19.6. The van der Waals surface area contributed by atoms with E-state index >= 15 is 0 Å². The molecule has 0 radical (unpaired) electrons. The van der Waals surface area contributed by atoms with E-state index < -0.39 is 6.85 Å². The first kappa shape index (κ1) is 33.3. The standard InChI is InChI=1S/C55H51BN2S/c1-33-26-48-51-49(27-33)58(46-20-15-19-39-38-18-13-14-21-50(38)59-52(39)46)47-31-41-40(54(6,7)32-55(41,8)9)30-43(47)56(51)42-29-37(53(3,4)5)23-25-45(42)57(48)44-24-22-36(28-34(44)2)35-16-11-10-12-17-35/h10-31H,32H2,1-9H3/i1D3. The Balaban J connectivity index is 1.28. The average Bonchev–Trinajstić information content (AvgIpc) is 3.69. The molecule has 0 unspecified atom stereocenters. The van der Waals surface area contributed by atoms with Crippen molar-refractivity contribution in [2.75, 3.05) is 9.80 Å². The highest BCUT2D eigenvalue weighted by atomic mass is 32.1. The van der Waals surface area contributed by atoms with Crippen LogP contribution in [0.15, 0.2) is 133 Å². The zero-order chi connectivity index (χ0) is 43.2. The Labute approximate surface area is 358 Å². The first-order valence-electron chi connectivity index (χ1n) is 22.6. The highest BCUT2D eigenvalue weighted by Crippen LogP contribution is 2.54. The van der Waals surface area contributed by atoms with Crippen LogP contribution in [0.5, 0.6) is 0 Å². The number of rotatable bonds is 3. The van der Waals surface area contributed by atoms with Gasteiger partial charge in [0.1, 0.15) is 0 Å². The molecule has 8 aromatic rings.